The molecule has 0 saturated carbocycles. The van der Waals surface area contributed by atoms with Crippen LogP contribution in [0.3, 0.4) is 0 Å². The Morgan fingerprint density at radius 3 is 1.12 bits per heavy atom. The first-order chi connectivity index (χ1) is 27.6. The van der Waals surface area contributed by atoms with E-state index in [4.69, 9.17) is 28.4 Å². The molecule has 10 aliphatic heterocycles. The summed E-state index contributed by atoms with van der Waals surface area (Å²) in [6.07, 6.45) is 3.64. The molecule has 8 atom stereocenters. The number of hydrogen-bond acceptors (Lipinski definition) is 10. The number of fused-ring (bicyclic) bond motifs is 10. The minimum absolute atomic E-state index is 0.168. The molecule has 10 saturated heterocycles. The van der Waals surface area contributed by atoms with Crippen LogP contribution in [-0.2, 0) is 16.1 Å². The van der Waals surface area contributed by atoms with Gasteiger partial charge in [-0.3, -0.25) is 0 Å². The fourth-order valence-electron chi connectivity index (χ4n) is 21.7. The zero-order chi connectivity index (χ0) is 38.7. The van der Waals surface area contributed by atoms with Gasteiger partial charge in [-0.1, -0.05) is 26.7 Å². The zero-order valence-electron chi connectivity index (χ0n) is 31.5. The molecule has 10 nitrogen and oxygen atoms in total. The van der Waals surface area contributed by atoms with Crippen molar-refractivity contribution in [2.45, 2.75) is 86.7 Å². The molecule has 0 N–H and O–H groups in total. The number of carbonyl (C=O) groups is 4. The number of benzene rings is 4. The standard InChI is InChI=1S/2C23H21O5.Fe/c2*1-2-3-16-26-19-13-7-6-12-18(19)23(25)28-21-15-9-8-14-20(21)27-22(24)17-10-4-5-11-17;/h2*4-15H,2-3,16H2,1H3;. The molecule has 0 aromatic heterocycles. The molecule has 4 aromatic rings. The second-order valence-corrected chi connectivity index (χ2v) is 42.8. The summed E-state index contributed by atoms with van der Waals surface area (Å²) in [5.74, 6) is 0.00848. The number of esters is 4. The van der Waals surface area contributed by atoms with E-state index in [1.807, 2.05) is 12.1 Å². The van der Waals surface area contributed by atoms with Crippen LogP contribution in [0.1, 0.15) is 60.2 Å². The second kappa shape index (κ2) is 6.47. The number of hydrogen-bond donors (Lipinski definition) is 0. The van der Waals surface area contributed by atoms with Crippen LogP contribution in [-0.4, -0.2) is 37.1 Å². The molecule has 10 aliphatic rings. The van der Waals surface area contributed by atoms with Crippen LogP contribution in [0, 0.1) is 0 Å². The van der Waals surface area contributed by atoms with Crippen LogP contribution >= 0.6 is 0 Å². The molecule has 10 heterocycles. The SMILES string of the molecule is CCCCOc1ccccc1C(=O)Oc1ccccc1OC(=O)[C]12[CH]3[CH]4[CH]5[CH]1[Fe]45321678[CH]2[CH]1[CH]6[C]7(C(=O)Oc1ccccc1OC(=O)c1ccccc1OCCCC)[CH]28. The third kappa shape index (κ3) is 1.26. The van der Waals surface area contributed by atoms with Crippen molar-refractivity contribution < 1.29 is 54.1 Å². The van der Waals surface area contributed by atoms with Crippen LogP contribution in [0.5, 0.6) is 34.5 Å². The first-order valence-corrected chi connectivity index (χ1v) is 26.5. The van der Waals surface area contributed by atoms with E-state index in [1.165, 1.54) is 0 Å². The number of carbonyl (C=O) groups excluding carboxylic acids is 4. The van der Waals surface area contributed by atoms with Gasteiger partial charge in [-0.05, 0) is 0 Å². The van der Waals surface area contributed by atoms with E-state index in [2.05, 4.69) is 13.8 Å². The number of para-hydroxylation sites is 6. The number of unbranched alkanes of at least 4 members (excludes halogenated alkanes) is 2. The molecular weight excluding hydrogens is 768 g/mol. The molecule has 1 spiro atoms. The van der Waals surface area contributed by atoms with E-state index in [0.717, 1.165) is 25.7 Å². The number of rotatable bonds is 16. The predicted octanol–water partition coefficient (Wildman–Crippen LogP) is 10.1. The van der Waals surface area contributed by atoms with Gasteiger partial charge in [0.2, 0.25) is 0 Å². The minimum atomic E-state index is -4.88. The van der Waals surface area contributed by atoms with Crippen LogP contribution in [0.15, 0.2) is 97.1 Å². The van der Waals surface area contributed by atoms with Gasteiger partial charge in [0.15, 0.2) is 0 Å². The van der Waals surface area contributed by atoms with E-state index < -0.39 is 27.1 Å². The molecule has 11 heteroatoms. The summed E-state index contributed by atoms with van der Waals surface area (Å²) in [6.45, 7) is 0.236. The normalized spacial score (nSPS) is 44.3. The molecule has 8 unspecified atom stereocenters. The van der Waals surface area contributed by atoms with E-state index in [0.29, 0.717) is 74.4 Å². The van der Waals surface area contributed by atoms with Crippen LogP contribution in [0.4, 0.5) is 0 Å². The van der Waals surface area contributed by atoms with Crippen molar-refractivity contribution >= 4 is 23.9 Å². The molecule has 0 amide bonds. The van der Waals surface area contributed by atoms with Gasteiger partial charge < -0.3 is 0 Å². The third-order valence-corrected chi connectivity index (χ3v) is 64.3. The Labute approximate surface area is 319 Å². The monoisotopic (exact) mass is 810 g/mol. The molecule has 0 bridgehead atoms. The van der Waals surface area contributed by atoms with Crippen molar-refractivity contribution in [2.24, 2.45) is 0 Å². The maximum absolute atomic E-state index is 14.9. The maximum atomic E-state index is 14.9. The first-order valence-electron chi connectivity index (χ1n) is 20.3. The van der Waals surface area contributed by atoms with Gasteiger partial charge in [0.05, 0.1) is 0 Å². The summed E-state index contributed by atoms with van der Waals surface area (Å²) in [5, 5.41) is 0. The molecule has 10 fully saturated rings. The molecule has 4 aromatic carbocycles. The third-order valence-electron chi connectivity index (χ3n) is 21.7. The predicted molar refractivity (Wildman–Crippen MR) is 203 cm³/mol. The number of ether oxygens (including phenoxy) is 6. The Morgan fingerprint density at radius 1 is 0.474 bits per heavy atom. The van der Waals surface area contributed by atoms with Gasteiger partial charge >= 0.3 is 294 Å². The van der Waals surface area contributed by atoms with E-state index >= 15 is 0 Å². The van der Waals surface area contributed by atoms with Crippen molar-refractivity contribution in [1.82, 2.24) is 0 Å². The fourth-order valence-corrected chi connectivity index (χ4v) is 96.6. The van der Waals surface area contributed by atoms with Crippen molar-refractivity contribution in [1.29, 1.82) is 0 Å². The van der Waals surface area contributed by atoms with Crippen LogP contribution < -0.4 is 28.4 Å². The van der Waals surface area contributed by atoms with E-state index in [-0.39, 0.29) is 34.9 Å². The van der Waals surface area contributed by atoms with Crippen molar-refractivity contribution in [3.05, 3.63) is 108 Å². The van der Waals surface area contributed by atoms with Gasteiger partial charge in [-0.25, -0.2) is 0 Å². The zero-order valence-corrected chi connectivity index (χ0v) is 32.6. The summed E-state index contributed by atoms with van der Waals surface area (Å²) in [6, 6.07) is 27.6. The molecule has 57 heavy (non-hydrogen) atoms. The molecule has 0 radical (unpaired) electrons. The Bertz CT molecular complexity index is 2760. The van der Waals surface area contributed by atoms with Crippen molar-refractivity contribution in [3.8, 4) is 34.5 Å². The Morgan fingerprint density at radius 2 is 0.789 bits per heavy atom. The van der Waals surface area contributed by atoms with Gasteiger partial charge in [-0.15, -0.1) is 0 Å². The fraction of sp³-hybridized carbons (Fsp3) is 0.391. The second-order valence-electron chi connectivity index (χ2n) is 19.6. The van der Waals surface area contributed by atoms with E-state index in [9.17, 15) is 19.2 Å². The van der Waals surface area contributed by atoms with Gasteiger partial charge in [0, 0.05) is 0 Å². The topological polar surface area (TPSA) is 124 Å². The average molecular weight is 811 g/mol. The van der Waals surface area contributed by atoms with E-state index in [1.54, 1.807) is 84.9 Å². The summed E-state index contributed by atoms with van der Waals surface area (Å²) in [7, 11) is 0. The van der Waals surface area contributed by atoms with Gasteiger partial charge in [0.25, 0.3) is 0 Å². The van der Waals surface area contributed by atoms with Crippen molar-refractivity contribution in [2.75, 3.05) is 13.2 Å². The Kier molecular flexibility index (Phi) is 3.62. The van der Waals surface area contributed by atoms with Crippen molar-refractivity contribution in [3.63, 3.8) is 0 Å². The molecule has 0 aliphatic carbocycles. The van der Waals surface area contributed by atoms with Crippen LogP contribution in [0.25, 0.3) is 0 Å². The summed E-state index contributed by atoms with van der Waals surface area (Å²) < 4.78 is 35.2. The Balaban J connectivity index is 0.742. The summed E-state index contributed by atoms with van der Waals surface area (Å²) in [5.41, 5.74) is 0.591. The van der Waals surface area contributed by atoms with Crippen LogP contribution in [0.2, 0.25) is 47.2 Å². The first kappa shape index (κ1) is 31.9. The molecular formula is C46H42FeO10. The Hall–Kier alpha value is -5.12. The quantitative estimate of drug-likeness (QED) is 0.0468. The molecule has 14 rings (SSSR count). The summed E-state index contributed by atoms with van der Waals surface area (Å²) in [4.78, 5) is 60.1. The summed E-state index contributed by atoms with van der Waals surface area (Å²) >= 11 is 0. The van der Waals surface area contributed by atoms with Gasteiger partial charge in [-0.2, -0.15) is 0 Å². The average Bonchev–Trinajstić information content (AvgIpc) is 4.17. The van der Waals surface area contributed by atoms with Gasteiger partial charge in [0.1, 0.15) is 0 Å². The molecule has 294 valence electrons.